The molecule has 3 rings (SSSR count). The molecule has 3 nitrogen and oxygen atoms in total. The molecule has 7 heteroatoms. The summed E-state index contributed by atoms with van der Waals surface area (Å²) in [5.74, 6) is -1.12. The highest BCUT2D eigenvalue weighted by molar-refractivity contribution is 5.94. The molecule has 0 saturated carbocycles. The highest BCUT2D eigenvalue weighted by Crippen LogP contribution is 2.37. The Kier molecular flexibility index (Phi) is 4.75. The second-order valence-electron chi connectivity index (χ2n) is 6.38. The van der Waals surface area contributed by atoms with E-state index in [1.54, 1.807) is 6.07 Å². The van der Waals surface area contributed by atoms with Gasteiger partial charge in [-0.15, -0.1) is 0 Å². The van der Waals surface area contributed by atoms with Crippen LogP contribution >= 0.6 is 0 Å². The first-order valence-electron chi connectivity index (χ1n) is 8.15. The Bertz CT molecular complexity index is 811. The minimum atomic E-state index is -4.49. The van der Waals surface area contributed by atoms with Crippen LogP contribution in [0.2, 0.25) is 0 Å². The number of hydrogen-bond donors (Lipinski definition) is 1. The zero-order valence-corrected chi connectivity index (χ0v) is 13.8. The van der Waals surface area contributed by atoms with Crippen LogP contribution in [0.1, 0.15) is 34.3 Å². The third-order valence-corrected chi connectivity index (χ3v) is 4.71. The molecule has 0 unspecified atom stereocenters. The second kappa shape index (κ2) is 6.72. The average molecular weight is 367 g/mol. The summed E-state index contributed by atoms with van der Waals surface area (Å²) in [5, 5.41) is 10.8. The molecule has 0 aromatic heterocycles. The minimum Gasteiger partial charge on any atom is -0.385 e. The van der Waals surface area contributed by atoms with Gasteiger partial charge in [-0.1, -0.05) is 24.3 Å². The van der Waals surface area contributed by atoms with Gasteiger partial charge in [-0.3, -0.25) is 4.79 Å². The maximum Gasteiger partial charge on any atom is 0.416 e. The molecule has 0 aliphatic carbocycles. The van der Waals surface area contributed by atoms with Gasteiger partial charge >= 0.3 is 6.18 Å². The van der Waals surface area contributed by atoms with E-state index < -0.39 is 29.1 Å². The summed E-state index contributed by atoms with van der Waals surface area (Å²) in [6.07, 6.45) is -4.34. The number of halogens is 4. The fraction of sp³-hybridized carbons (Fsp3) is 0.316. The van der Waals surface area contributed by atoms with Crippen LogP contribution in [0.3, 0.4) is 0 Å². The van der Waals surface area contributed by atoms with E-state index in [0.717, 1.165) is 12.1 Å². The van der Waals surface area contributed by atoms with E-state index in [0.29, 0.717) is 0 Å². The van der Waals surface area contributed by atoms with E-state index in [1.165, 1.54) is 35.2 Å². The first kappa shape index (κ1) is 18.4. The number of piperidine rings is 1. The first-order valence-corrected chi connectivity index (χ1v) is 8.15. The lowest BCUT2D eigenvalue weighted by molar-refractivity contribution is -0.137. The lowest BCUT2D eigenvalue weighted by Gasteiger charge is -2.38. The van der Waals surface area contributed by atoms with Crippen molar-refractivity contribution in [2.45, 2.75) is 24.6 Å². The molecule has 1 fully saturated rings. The van der Waals surface area contributed by atoms with Crippen molar-refractivity contribution in [3.8, 4) is 0 Å². The smallest absolute Gasteiger partial charge is 0.385 e. The molecule has 1 amide bonds. The number of carbonyl (C=O) groups is 1. The van der Waals surface area contributed by atoms with E-state index in [4.69, 9.17) is 0 Å². The van der Waals surface area contributed by atoms with Crippen molar-refractivity contribution in [1.29, 1.82) is 0 Å². The molecule has 0 spiro atoms. The summed E-state index contributed by atoms with van der Waals surface area (Å²) in [6, 6.07) is 10.2. The Balaban J connectivity index is 1.75. The molecule has 26 heavy (non-hydrogen) atoms. The Labute approximate surface area is 147 Å². The van der Waals surface area contributed by atoms with E-state index in [1.807, 2.05) is 0 Å². The summed E-state index contributed by atoms with van der Waals surface area (Å²) in [6.45, 7) is 0.250. The Hall–Kier alpha value is -2.41. The topological polar surface area (TPSA) is 40.5 Å². The van der Waals surface area contributed by atoms with E-state index in [9.17, 15) is 27.5 Å². The maximum absolute atomic E-state index is 13.8. The zero-order valence-electron chi connectivity index (χ0n) is 13.8. The van der Waals surface area contributed by atoms with Crippen LogP contribution in [0.4, 0.5) is 17.6 Å². The van der Waals surface area contributed by atoms with Crippen LogP contribution in [0, 0.1) is 5.82 Å². The van der Waals surface area contributed by atoms with Crippen LogP contribution < -0.4 is 0 Å². The van der Waals surface area contributed by atoms with Gasteiger partial charge in [-0.2, -0.15) is 13.2 Å². The number of alkyl halides is 3. The lowest BCUT2D eigenvalue weighted by Crippen LogP contribution is -2.45. The number of likely N-dealkylation sites (tertiary alicyclic amines) is 1. The largest absolute Gasteiger partial charge is 0.416 e. The van der Waals surface area contributed by atoms with Gasteiger partial charge in [0.05, 0.1) is 16.7 Å². The third-order valence-electron chi connectivity index (χ3n) is 4.71. The summed E-state index contributed by atoms with van der Waals surface area (Å²) in [5.41, 5.74) is -2.16. The predicted octanol–water partition coefficient (Wildman–Crippen LogP) is 3.97. The van der Waals surface area contributed by atoms with Crippen LogP contribution in [0.5, 0.6) is 0 Å². The fourth-order valence-corrected chi connectivity index (χ4v) is 3.16. The second-order valence-corrected chi connectivity index (χ2v) is 6.38. The normalized spacial score (nSPS) is 17.2. The molecule has 138 valence electrons. The van der Waals surface area contributed by atoms with Gasteiger partial charge in [0.1, 0.15) is 5.82 Å². The maximum atomic E-state index is 13.8. The lowest BCUT2D eigenvalue weighted by atomic mass is 9.83. The molecule has 0 atom stereocenters. The van der Waals surface area contributed by atoms with Gasteiger partial charge in [-0.05, 0) is 42.7 Å². The number of benzene rings is 2. The third kappa shape index (κ3) is 3.58. The van der Waals surface area contributed by atoms with Gasteiger partial charge in [0.25, 0.3) is 5.91 Å². The molecular weight excluding hydrogens is 350 g/mol. The van der Waals surface area contributed by atoms with Crippen molar-refractivity contribution in [2.24, 2.45) is 0 Å². The van der Waals surface area contributed by atoms with Crippen molar-refractivity contribution in [3.05, 3.63) is 71.0 Å². The Morgan fingerprint density at radius 3 is 2.31 bits per heavy atom. The number of aliphatic hydroxyl groups is 1. The highest BCUT2D eigenvalue weighted by atomic mass is 19.4. The standard InChI is InChI=1S/C19H17F4NO2/c20-16-7-2-1-6-15(16)17(25)24-10-8-18(26,9-11-24)13-4-3-5-14(12-13)19(21,22)23/h1-7,12,26H,8-11H2. The average Bonchev–Trinajstić information content (AvgIpc) is 2.62. The SMILES string of the molecule is O=C(c1ccccc1F)N1CCC(O)(c2cccc(C(F)(F)F)c2)CC1. The van der Waals surface area contributed by atoms with Crippen LogP contribution in [0.15, 0.2) is 48.5 Å². The highest BCUT2D eigenvalue weighted by Gasteiger charge is 2.38. The van der Waals surface area contributed by atoms with Gasteiger partial charge in [-0.25, -0.2) is 4.39 Å². The van der Waals surface area contributed by atoms with E-state index >= 15 is 0 Å². The van der Waals surface area contributed by atoms with Crippen LogP contribution in [-0.4, -0.2) is 29.0 Å². The number of rotatable bonds is 2. The summed E-state index contributed by atoms with van der Waals surface area (Å²) in [7, 11) is 0. The molecular formula is C19H17F4NO2. The fourth-order valence-electron chi connectivity index (χ4n) is 3.16. The summed E-state index contributed by atoms with van der Waals surface area (Å²) >= 11 is 0. The van der Waals surface area contributed by atoms with Gasteiger partial charge < -0.3 is 10.0 Å². The van der Waals surface area contributed by atoms with Crippen LogP contribution in [0.25, 0.3) is 0 Å². The van der Waals surface area contributed by atoms with Crippen LogP contribution in [-0.2, 0) is 11.8 Å². The summed E-state index contributed by atoms with van der Waals surface area (Å²) < 4.78 is 52.4. The zero-order chi connectivity index (χ0) is 18.9. The van der Waals surface area contributed by atoms with Crippen molar-refractivity contribution in [2.75, 3.05) is 13.1 Å². The molecule has 2 aromatic rings. The molecule has 1 heterocycles. The monoisotopic (exact) mass is 367 g/mol. The minimum absolute atomic E-state index is 0.0583. The quantitative estimate of drug-likeness (QED) is 0.816. The van der Waals surface area contributed by atoms with Gasteiger partial charge in [0, 0.05) is 13.1 Å². The number of carbonyl (C=O) groups excluding carboxylic acids is 1. The first-order chi connectivity index (χ1) is 12.2. The molecule has 1 aliphatic heterocycles. The molecule has 1 N–H and O–H groups in total. The van der Waals surface area contributed by atoms with E-state index in [2.05, 4.69) is 0 Å². The van der Waals surface area contributed by atoms with Gasteiger partial charge in [0.2, 0.25) is 0 Å². The summed E-state index contributed by atoms with van der Waals surface area (Å²) in [4.78, 5) is 13.8. The van der Waals surface area contributed by atoms with Crippen molar-refractivity contribution < 1.29 is 27.5 Å². The number of amides is 1. The molecule has 1 aliphatic rings. The number of nitrogens with zero attached hydrogens (tertiary/aromatic N) is 1. The molecule has 0 radical (unpaired) electrons. The predicted molar refractivity (Wildman–Crippen MR) is 86.9 cm³/mol. The molecule has 1 saturated heterocycles. The van der Waals surface area contributed by atoms with Crippen molar-refractivity contribution >= 4 is 5.91 Å². The Morgan fingerprint density at radius 2 is 1.69 bits per heavy atom. The molecule has 2 aromatic carbocycles. The van der Waals surface area contributed by atoms with Crippen molar-refractivity contribution in [3.63, 3.8) is 0 Å². The van der Waals surface area contributed by atoms with Gasteiger partial charge in [0.15, 0.2) is 0 Å². The molecule has 0 bridgehead atoms. The van der Waals surface area contributed by atoms with E-state index in [-0.39, 0.29) is 37.1 Å². The number of hydrogen-bond acceptors (Lipinski definition) is 2. The van der Waals surface area contributed by atoms with Crippen molar-refractivity contribution in [1.82, 2.24) is 4.90 Å². The Morgan fingerprint density at radius 1 is 1.04 bits per heavy atom.